The molecule has 1 amide bonds. The summed E-state index contributed by atoms with van der Waals surface area (Å²) in [6.07, 6.45) is 1.78. The molecule has 0 spiro atoms. The third-order valence-corrected chi connectivity index (χ3v) is 4.10. The Morgan fingerprint density at radius 3 is 1.97 bits per heavy atom. The van der Waals surface area contributed by atoms with E-state index in [1.807, 2.05) is 32.9 Å². The Balaban J connectivity index is 1.92. The lowest BCUT2D eigenvalue weighted by atomic mass is 10.2. The van der Waals surface area contributed by atoms with Crippen LogP contribution in [0, 0.1) is 0 Å². The minimum atomic E-state index is -0.514. The molecule has 0 aliphatic heterocycles. The molecule has 0 bridgehead atoms. The van der Waals surface area contributed by atoms with Crippen molar-refractivity contribution in [1.82, 2.24) is 5.32 Å². The zero-order valence-electron chi connectivity index (χ0n) is 20.4. The first-order valence-corrected chi connectivity index (χ1v) is 11.5. The molecule has 0 fully saturated rings. The van der Waals surface area contributed by atoms with E-state index >= 15 is 0 Å². The maximum absolute atomic E-state index is 12.0. The molecule has 9 nitrogen and oxygen atoms in total. The Hall–Kier alpha value is -2.36. The molecule has 0 saturated heterocycles. The highest BCUT2D eigenvalue weighted by atomic mass is 16.6. The predicted molar refractivity (Wildman–Crippen MR) is 127 cm³/mol. The monoisotopic (exact) mass is 468 g/mol. The molecule has 0 aliphatic carbocycles. The molecule has 2 N–H and O–H groups in total. The first-order chi connectivity index (χ1) is 15.8. The summed E-state index contributed by atoms with van der Waals surface area (Å²) in [6, 6.07) is 7.25. The maximum Gasteiger partial charge on any atom is 0.407 e. The van der Waals surface area contributed by atoms with Crippen LogP contribution in [0.4, 0.5) is 10.5 Å². The van der Waals surface area contributed by atoms with E-state index in [9.17, 15) is 9.59 Å². The van der Waals surface area contributed by atoms with Crippen molar-refractivity contribution >= 4 is 17.7 Å². The number of esters is 1. The summed E-state index contributed by atoms with van der Waals surface area (Å²) in [7, 11) is 0. The number of rotatable bonds is 17. The van der Waals surface area contributed by atoms with Crippen molar-refractivity contribution < 1.29 is 33.3 Å². The predicted octanol–water partition coefficient (Wildman–Crippen LogP) is 3.63. The zero-order valence-corrected chi connectivity index (χ0v) is 20.4. The number of hydrogen-bond acceptors (Lipinski definition) is 8. The summed E-state index contributed by atoms with van der Waals surface area (Å²) < 4.78 is 26.5. The maximum atomic E-state index is 12.0. The average molecular weight is 469 g/mol. The summed E-state index contributed by atoms with van der Waals surface area (Å²) in [6.45, 7) is 11.4. The van der Waals surface area contributed by atoms with E-state index in [2.05, 4.69) is 17.6 Å². The van der Waals surface area contributed by atoms with Crippen molar-refractivity contribution in [2.45, 2.75) is 46.1 Å². The second kappa shape index (κ2) is 17.2. The quantitative estimate of drug-likeness (QED) is 0.264. The van der Waals surface area contributed by atoms with Gasteiger partial charge in [-0.1, -0.05) is 13.3 Å². The van der Waals surface area contributed by atoms with E-state index in [1.54, 1.807) is 12.1 Å². The third kappa shape index (κ3) is 16.0. The SMILES string of the molecule is CCCCNc1ccc(C(=O)OCCOCCOCCOCCNC(=O)OC(C)(C)C)cc1. The molecule has 0 aliphatic rings. The van der Waals surface area contributed by atoms with Gasteiger partial charge >= 0.3 is 12.1 Å². The van der Waals surface area contributed by atoms with Crippen LogP contribution in [0.3, 0.4) is 0 Å². The molecule has 0 radical (unpaired) electrons. The second-order valence-corrected chi connectivity index (χ2v) is 8.26. The molecule has 0 heterocycles. The second-order valence-electron chi connectivity index (χ2n) is 8.26. The molecule has 188 valence electrons. The minimum Gasteiger partial charge on any atom is -0.460 e. The molecule has 33 heavy (non-hydrogen) atoms. The smallest absolute Gasteiger partial charge is 0.407 e. The number of carbonyl (C=O) groups is 2. The molecule has 0 aromatic heterocycles. The lowest BCUT2D eigenvalue weighted by Crippen LogP contribution is -2.34. The fourth-order valence-electron chi connectivity index (χ4n) is 2.49. The number of benzene rings is 1. The number of nitrogens with one attached hydrogen (secondary N) is 2. The summed E-state index contributed by atoms with van der Waals surface area (Å²) in [5, 5.41) is 5.92. The van der Waals surface area contributed by atoms with Crippen molar-refractivity contribution in [3.8, 4) is 0 Å². The van der Waals surface area contributed by atoms with E-state index in [0.29, 0.717) is 51.7 Å². The highest BCUT2D eigenvalue weighted by molar-refractivity contribution is 5.89. The van der Waals surface area contributed by atoms with Gasteiger partial charge < -0.3 is 34.3 Å². The number of unbranched alkanes of at least 4 members (excludes halogenated alkanes) is 1. The molecule has 0 atom stereocenters. The number of alkyl carbamates (subject to hydrolysis) is 1. The Kier molecular flexibility index (Phi) is 14.9. The van der Waals surface area contributed by atoms with Crippen LogP contribution in [0.15, 0.2) is 24.3 Å². The van der Waals surface area contributed by atoms with Gasteiger partial charge in [0.2, 0.25) is 0 Å². The standard InChI is InChI=1S/C24H40N2O7/c1-5-6-11-25-21-9-7-20(8-10-21)22(27)32-19-18-31-17-16-30-15-14-29-13-12-26-23(28)33-24(2,3)4/h7-10,25H,5-6,11-19H2,1-4H3,(H,26,28). The summed E-state index contributed by atoms with van der Waals surface area (Å²) in [5.41, 5.74) is 0.993. The molecular formula is C24H40N2O7. The molecule has 1 aromatic rings. The number of hydrogen-bond donors (Lipinski definition) is 2. The Morgan fingerprint density at radius 2 is 1.39 bits per heavy atom. The normalized spacial score (nSPS) is 11.2. The van der Waals surface area contributed by atoms with E-state index in [-0.39, 0.29) is 12.6 Å². The van der Waals surface area contributed by atoms with Gasteiger partial charge in [-0.05, 0) is 51.5 Å². The number of anilines is 1. The van der Waals surface area contributed by atoms with Gasteiger partial charge in [0.15, 0.2) is 0 Å². The fraction of sp³-hybridized carbons (Fsp3) is 0.667. The van der Waals surface area contributed by atoms with Crippen LogP contribution in [0.2, 0.25) is 0 Å². The van der Waals surface area contributed by atoms with Crippen LogP contribution in [0.1, 0.15) is 50.9 Å². The largest absolute Gasteiger partial charge is 0.460 e. The van der Waals surface area contributed by atoms with Crippen molar-refractivity contribution in [2.75, 3.05) is 64.7 Å². The number of carbonyl (C=O) groups excluding carboxylic acids is 2. The number of amides is 1. The lowest BCUT2D eigenvalue weighted by Gasteiger charge is -2.19. The van der Waals surface area contributed by atoms with Gasteiger partial charge in [-0.2, -0.15) is 0 Å². The Labute approximate surface area is 197 Å². The molecular weight excluding hydrogens is 428 g/mol. The van der Waals surface area contributed by atoms with E-state index in [4.69, 9.17) is 23.7 Å². The first kappa shape index (κ1) is 28.7. The Bertz CT molecular complexity index is 660. The molecule has 0 saturated carbocycles. The minimum absolute atomic E-state index is 0.184. The van der Waals surface area contributed by atoms with Crippen molar-refractivity contribution in [2.24, 2.45) is 0 Å². The van der Waals surface area contributed by atoms with Gasteiger partial charge in [0.1, 0.15) is 12.2 Å². The van der Waals surface area contributed by atoms with Crippen LogP contribution in [-0.4, -0.2) is 77.0 Å². The topological polar surface area (TPSA) is 104 Å². The van der Waals surface area contributed by atoms with Crippen LogP contribution in [-0.2, 0) is 23.7 Å². The van der Waals surface area contributed by atoms with Gasteiger partial charge in [0.25, 0.3) is 0 Å². The van der Waals surface area contributed by atoms with Crippen LogP contribution >= 0.6 is 0 Å². The van der Waals surface area contributed by atoms with Crippen LogP contribution in [0.25, 0.3) is 0 Å². The molecule has 1 rings (SSSR count). The average Bonchev–Trinajstić information content (AvgIpc) is 2.76. The van der Waals surface area contributed by atoms with E-state index in [0.717, 1.165) is 25.1 Å². The summed E-state index contributed by atoms with van der Waals surface area (Å²) in [5.74, 6) is -0.367. The van der Waals surface area contributed by atoms with Crippen LogP contribution < -0.4 is 10.6 Å². The zero-order chi connectivity index (χ0) is 24.4. The van der Waals surface area contributed by atoms with Gasteiger partial charge in [-0.25, -0.2) is 9.59 Å². The van der Waals surface area contributed by atoms with Gasteiger partial charge in [0, 0.05) is 18.8 Å². The summed E-state index contributed by atoms with van der Waals surface area (Å²) in [4.78, 5) is 23.5. The van der Waals surface area contributed by atoms with Crippen molar-refractivity contribution in [3.05, 3.63) is 29.8 Å². The van der Waals surface area contributed by atoms with E-state index < -0.39 is 11.7 Å². The van der Waals surface area contributed by atoms with Crippen LogP contribution in [0.5, 0.6) is 0 Å². The fourth-order valence-corrected chi connectivity index (χ4v) is 2.49. The summed E-state index contributed by atoms with van der Waals surface area (Å²) >= 11 is 0. The number of ether oxygens (including phenoxy) is 5. The van der Waals surface area contributed by atoms with Crippen molar-refractivity contribution in [1.29, 1.82) is 0 Å². The van der Waals surface area contributed by atoms with Gasteiger partial charge in [-0.15, -0.1) is 0 Å². The molecule has 1 aromatic carbocycles. The van der Waals surface area contributed by atoms with Crippen molar-refractivity contribution in [3.63, 3.8) is 0 Å². The molecule has 9 heteroatoms. The Morgan fingerprint density at radius 1 is 0.818 bits per heavy atom. The van der Waals surface area contributed by atoms with E-state index in [1.165, 1.54) is 0 Å². The van der Waals surface area contributed by atoms with Gasteiger partial charge in [-0.3, -0.25) is 0 Å². The third-order valence-electron chi connectivity index (χ3n) is 4.10. The highest BCUT2D eigenvalue weighted by Crippen LogP contribution is 2.11. The molecule has 0 unspecified atom stereocenters. The first-order valence-electron chi connectivity index (χ1n) is 11.5. The van der Waals surface area contributed by atoms with Gasteiger partial charge in [0.05, 0.1) is 45.2 Å². The highest BCUT2D eigenvalue weighted by Gasteiger charge is 2.15. The lowest BCUT2D eigenvalue weighted by molar-refractivity contribution is 0.000568.